The van der Waals surface area contributed by atoms with Gasteiger partial charge in [-0.25, -0.2) is 8.42 Å². The molecule has 0 atom stereocenters. The molecule has 0 aliphatic carbocycles. The van der Waals surface area contributed by atoms with E-state index in [9.17, 15) is 13.2 Å². The second-order valence-corrected chi connectivity index (χ2v) is 5.80. The molecule has 0 unspecified atom stereocenters. The Bertz CT molecular complexity index is 537. The summed E-state index contributed by atoms with van der Waals surface area (Å²) in [5.41, 5.74) is 1.70. The molecule has 0 radical (unpaired) electrons. The van der Waals surface area contributed by atoms with Crippen molar-refractivity contribution in [3.63, 3.8) is 0 Å². The van der Waals surface area contributed by atoms with Crippen molar-refractivity contribution in [1.29, 1.82) is 0 Å². The maximum atomic E-state index is 11.9. The summed E-state index contributed by atoms with van der Waals surface area (Å²) >= 11 is 0. The van der Waals surface area contributed by atoms with Crippen LogP contribution in [0, 0.1) is 6.92 Å². The molecule has 1 aromatic carbocycles. The van der Waals surface area contributed by atoms with Crippen LogP contribution in [0.15, 0.2) is 23.1 Å². The second kappa shape index (κ2) is 5.97. The second-order valence-electron chi connectivity index (χ2n) is 4.07. The molecule has 1 rings (SSSR count). The molecule has 0 saturated carbocycles. The summed E-state index contributed by atoms with van der Waals surface area (Å²) < 4.78 is 25.7. The van der Waals surface area contributed by atoms with Gasteiger partial charge in [0.25, 0.3) is 0 Å². The maximum absolute atomic E-state index is 11.9. The highest BCUT2D eigenvalue weighted by molar-refractivity contribution is 7.89. The Morgan fingerprint density at radius 2 is 2.06 bits per heavy atom. The summed E-state index contributed by atoms with van der Waals surface area (Å²) in [6.45, 7) is 3.14. The number of nitrogens with one attached hydrogen (secondary N) is 1. The average molecular weight is 271 g/mol. The molecule has 0 saturated heterocycles. The molecule has 0 aliphatic rings. The van der Waals surface area contributed by atoms with Gasteiger partial charge in [0.2, 0.25) is 10.0 Å². The molecule has 2 N–H and O–H groups in total. The van der Waals surface area contributed by atoms with E-state index in [0.717, 1.165) is 18.4 Å². The predicted octanol–water partition coefficient (Wildman–Crippen LogP) is 1.31. The summed E-state index contributed by atoms with van der Waals surface area (Å²) in [5.74, 6) is -1.21. The Labute approximate surface area is 107 Å². The fourth-order valence-electron chi connectivity index (χ4n) is 1.69. The number of carboxylic acids is 1. The smallest absolute Gasteiger partial charge is 0.318 e. The zero-order valence-electron chi connectivity index (χ0n) is 10.4. The van der Waals surface area contributed by atoms with E-state index < -0.39 is 22.5 Å². The number of carbonyl (C=O) groups is 1. The van der Waals surface area contributed by atoms with E-state index in [1.54, 1.807) is 13.0 Å². The third-order valence-electron chi connectivity index (χ3n) is 2.48. The van der Waals surface area contributed by atoms with Crippen LogP contribution in [0.2, 0.25) is 0 Å². The largest absolute Gasteiger partial charge is 0.480 e. The number of rotatable bonds is 6. The van der Waals surface area contributed by atoms with Crippen molar-refractivity contribution in [3.8, 4) is 0 Å². The van der Waals surface area contributed by atoms with Gasteiger partial charge in [0.15, 0.2) is 0 Å². The molecule has 1 aromatic rings. The molecule has 0 heterocycles. The van der Waals surface area contributed by atoms with Gasteiger partial charge in [-0.1, -0.05) is 25.5 Å². The average Bonchev–Trinajstić information content (AvgIpc) is 2.27. The van der Waals surface area contributed by atoms with Crippen LogP contribution >= 0.6 is 0 Å². The Kier molecular flexibility index (Phi) is 4.86. The van der Waals surface area contributed by atoms with Gasteiger partial charge in [-0.05, 0) is 30.5 Å². The van der Waals surface area contributed by atoms with Gasteiger partial charge in [0.05, 0.1) is 4.90 Å². The van der Waals surface area contributed by atoms with Gasteiger partial charge in [-0.3, -0.25) is 4.79 Å². The molecule has 6 heteroatoms. The molecule has 5 nitrogen and oxygen atoms in total. The molecular formula is C12H17NO4S. The summed E-state index contributed by atoms with van der Waals surface area (Å²) in [7, 11) is -3.75. The van der Waals surface area contributed by atoms with Crippen molar-refractivity contribution in [2.75, 3.05) is 6.54 Å². The molecule has 0 aromatic heterocycles. The zero-order valence-corrected chi connectivity index (χ0v) is 11.3. The quantitative estimate of drug-likeness (QED) is 0.817. The van der Waals surface area contributed by atoms with E-state index in [2.05, 4.69) is 6.92 Å². The van der Waals surface area contributed by atoms with Crippen LogP contribution in [0.3, 0.4) is 0 Å². The molecule has 18 heavy (non-hydrogen) atoms. The third kappa shape index (κ3) is 3.82. The first-order valence-electron chi connectivity index (χ1n) is 5.68. The number of hydrogen-bond donors (Lipinski definition) is 2. The normalized spacial score (nSPS) is 11.4. The standard InChI is InChI=1S/C12H17NO4S/c1-3-4-10-5-6-11(9(2)7-10)18(16,17)13-8-12(14)15/h5-7,13H,3-4,8H2,1-2H3,(H,14,15). The first kappa shape index (κ1) is 14.7. The summed E-state index contributed by atoms with van der Waals surface area (Å²) in [6, 6.07) is 5.09. The molecule has 0 spiro atoms. The number of benzene rings is 1. The summed E-state index contributed by atoms with van der Waals surface area (Å²) in [4.78, 5) is 10.5. The minimum Gasteiger partial charge on any atom is -0.480 e. The van der Waals surface area contributed by atoms with Gasteiger partial charge < -0.3 is 5.11 Å². The van der Waals surface area contributed by atoms with Gasteiger partial charge >= 0.3 is 5.97 Å². The van der Waals surface area contributed by atoms with Crippen LogP contribution in [0.1, 0.15) is 24.5 Å². The van der Waals surface area contributed by atoms with E-state index in [1.165, 1.54) is 6.07 Å². The number of aliphatic carboxylic acids is 1. The minimum absolute atomic E-state index is 0.128. The maximum Gasteiger partial charge on any atom is 0.318 e. The fourth-order valence-corrected chi connectivity index (χ4v) is 2.89. The Morgan fingerprint density at radius 1 is 1.39 bits per heavy atom. The van der Waals surface area contributed by atoms with Crippen molar-refractivity contribution < 1.29 is 18.3 Å². The van der Waals surface area contributed by atoms with Crippen molar-refractivity contribution in [3.05, 3.63) is 29.3 Å². The first-order valence-corrected chi connectivity index (χ1v) is 7.16. The van der Waals surface area contributed by atoms with Crippen molar-refractivity contribution in [2.45, 2.75) is 31.6 Å². The molecule has 0 fully saturated rings. The zero-order chi connectivity index (χ0) is 13.8. The van der Waals surface area contributed by atoms with Crippen molar-refractivity contribution in [1.82, 2.24) is 4.72 Å². The highest BCUT2D eigenvalue weighted by Crippen LogP contribution is 2.17. The lowest BCUT2D eigenvalue weighted by Crippen LogP contribution is -2.29. The van der Waals surface area contributed by atoms with Gasteiger partial charge in [-0.15, -0.1) is 0 Å². The van der Waals surface area contributed by atoms with Gasteiger partial charge in [-0.2, -0.15) is 4.72 Å². The van der Waals surface area contributed by atoms with E-state index in [1.807, 2.05) is 10.8 Å². The van der Waals surface area contributed by atoms with Crippen molar-refractivity contribution in [2.24, 2.45) is 0 Å². The highest BCUT2D eigenvalue weighted by atomic mass is 32.2. The van der Waals surface area contributed by atoms with Crippen LogP contribution in [0.25, 0.3) is 0 Å². The van der Waals surface area contributed by atoms with E-state index >= 15 is 0 Å². The van der Waals surface area contributed by atoms with Crippen LogP contribution in [-0.4, -0.2) is 26.0 Å². The lowest BCUT2D eigenvalue weighted by Gasteiger charge is -2.09. The van der Waals surface area contributed by atoms with Crippen LogP contribution < -0.4 is 4.72 Å². The minimum atomic E-state index is -3.75. The fraction of sp³-hybridized carbons (Fsp3) is 0.417. The van der Waals surface area contributed by atoms with Gasteiger partial charge in [0, 0.05) is 0 Å². The summed E-state index contributed by atoms with van der Waals surface area (Å²) in [6.07, 6.45) is 1.88. The monoisotopic (exact) mass is 271 g/mol. The Morgan fingerprint density at radius 3 is 2.56 bits per heavy atom. The van der Waals surface area contributed by atoms with Crippen molar-refractivity contribution >= 4 is 16.0 Å². The Balaban J connectivity index is 2.99. The highest BCUT2D eigenvalue weighted by Gasteiger charge is 2.17. The molecular weight excluding hydrogens is 254 g/mol. The first-order chi connectivity index (χ1) is 8.36. The molecule has 0 bridgehead atoms. The van der Waals surface area contributed by atoms with Crippen LogP contribution in [0.5, 0.6) is 0 Å². The number of aryl methyl sites for hydroxylation is 2. The molecule has 0 amide bonds. The lowest BCUT2D eigenvalue weighted by atomic mass is 10.1. The van der Waals surface area contributed by atoms with Crippen LogP contribution in [0.4, 0.5) is 0 Å². The SMILES string of the molecule is CCCc1ccc(S(=O)(=O)NCC(=O)O)c(C)c1. The van der Waals surface area contributed by atoms with E-state index in [0.29, 0.717) is 5.56 Å². The predicted molar refractivity (Wildman–Crippen MR) is 68.0 cm³/mol. The topological polar surface area (TPSA) is 83.5 Å². The third-order valence-corrected chi connectivity index (χ3v) is 4.04. The van der Waals surface area contributed by atoms with Gasteiger partial charge in [0.1, 0.15) is 6.54 Å². The molecule has 0 aliphatic heterocycles. The number of sulfonamides is 1. The summed E-state index contributed by atoms with van der Waals surface area (Å²) in [5, 5.41) is 8.48. The number of hydrogen-bond acceptors (Lipinski definition) is 3. The Hall–Kier alpha value is -1.40. The lowest BCUT2D eigenvalue weighted by molar-refractivity contribution is -0.135. The number of carboxylic acid groups (broad SMARTS) is 1. The van der Waals surface area contributed by atoms with E-state index in [4.69, 9.17) is 5.11 Å². The van der Waals surface area contributed by atoms with Crippen LogP contribution in [-0.2, 0) is 21.2 Å². The van der Waals surface area contributed by atoms with E-state index in [-0.39, 0.29) is 4.90 Å². The molecule has 100 valence electrons.